The van der Waals surface area contributed by atoms with Gasteiger partial charge in [0.05, 0.1) is 0 Å². The first-order chi connectivity index (χ1) is 15.3. The predicted octanol–water partition coefficient (Wildman–Crippen LogP) is 7.00. The summed E-state index contributed by atoms with van der Waals surface area (Å²) in [5.74, 6) is 2.59. The molecule has 6 atom stereocenters. The molecular formula is C29H39NO2. The maximum atomic E-state index is 12.2. The molecule has 4 aliphatic rings. The van der Waals surface area contributed by atoms with Crippen molar-refractivity contribution in [1.29, 1.82) is 0 Å². The lowest BCUT2D eigenvalue weighted by molar-refractivity contribution is -0.152. The van der Waals surface area contributed by atoms with Gasteiger partial charge in [-0.15, -0.1) is 0 Å². The first kappa shape index (κ1) is 21.9. The highest BCUT2D eigenvalue weighted by molar-refractivity contribution is 5.72. The quantitative estimate of drug-likeness (QED) is 0.379. The van der Waals surface area contributed by atoms with Gasteiger partial charge in [-0.05, 0) is 90.2 Å². The Morgan fingerprint density at radius 3 is 2.69 bits per heavy atom. The highest BCUT2D eigenvalue weighted by atomic mass is 16.5. The Kier molecular flexibility index (Phi) is 5.58. The summed E-state index contributed by atoms with van der Waals surface area (Å²) < 4.78 is 5.89. The molecule has 6 unspecified atom stereocenters. The Hall–Kier alpha value is -1.90. The van der Waals surface area contributed by atoms with Crippen LogP contribution in [0.3, 0.4) is 0 Å². The number of pyridine rings is 1. The van der Waals surface area contributed by atoms with E-state index < -0.39 is 0 Å². The summed E-state index contributed by atoms with van der Waals surface area (Å²) in [6, 6.07) is 4.31. The Balaban J connectivity index is 1.33. The summed E-state index contributed by atoms with van der Waals surface area (Å²) in [4.78, 5) is 16.6. The van der Waals surface area contributed by atoms with Crippen LogP contribution in [0.2, 0.25) is 0 Å². The van der Waals surface area contributed by atoms with Crippen LogP contribution >= 0.6 is 0 Å². The van der Waals surface area contributed by atoms with Crippen molar-refractivity contribution in [2.24, 2.45) is 34.5 Å². The lowest BCUT2D eigenvalue weighted by Crippen LogP contribution is -2.50. The van der Waals surface area contributed by atoms with Crippen molar-refractivity contribution in [1.82, 2.24) is 4.98 Å². The number of aromatic nitrogens is 1. The molecule has 0 saturated heterocycles. The van der Waals surface area contributed by atoms with Crippen molar-refractivity contribution in [2.75, 3.05) is 0 Å². The number of hydrogen-bond acceptors (Lipinski definition) is 3. The first-order valence-electron chi connectivity index (χ1n) is 12.8. The summed E-state index contributed by atoms with van der Waals surface area (Å²) >= 11 is 0. The summed E-state index contributed by atoms with van der Waals surface area (Å²) in [6.07, 6.45) is 17.7. The molecule has 0 aromatic carbocycles. The van der Waals surface area contributed by atoms with Crippen molar-refractivity contribution in [3.8, 4) is 0 Å². The first-order valence-corrected chi connectivity index (χ1v) is 12.8. The third-order valence-electron chi connectivity index (χ3n) is 9.49. The van der Waals surface area contributed by atoms with E-state index in [9.17, 15) is 4.79 Å². The standard InChI is InChI=1S/C29H39NO2/c1-19(2)16-27(31)32-22-11-13-28(3)21(17-22)7-8-23-25-10-9-24(20-6-5-15-30-18-20)29(25,4)14-12-26(23)28/h5-7,9,15,18-19,22-23,25-26H,8,10-14,16-17H2,1-4H3. The number of carbonyl (C=O) groups is 1. The molecule has 0 N–H and O–H groups in total. The minimum atomic E-state index is -0.0173. The number of fused-ring (bicyclic) bond motifs is 5. The molecule has 0 spiro atoms. The van der Waals surface area contributed by atoms with Gasteiger partial charge in [-0.25, -0.2) is 0 Å². The van der Waals surface area contributed by atoms with Gasteiger partial charge in [0.1, 0.15) is 6.10 Å². The second kappa shape index (κ2) is 8.15. The molecule has 1 aromatic rings. The van der Waals surface area contributed by atoms with Crippen LogP contribution in [-0.2, 0) is 9.53 Å². The van der Waals surface area contributed by atoms with E-state index in [1.807, 2.05) is 12.4 Å². The lowest BCUT2D eigenvalue weighted by Gasteiger charge is -2.57. The monoisotopic (exact) mass is 433 g/mol. The molecule has 0 bridgehead atoms. The van der Waals surface area contributed by atoms with Crippen LogP contribution in [0.5, 0.6) is 0 Å². The van der Waals surface area contributed by atoms with Crippen LogP contribution in [-0.4, -0.2) is 17.1 Å². The van der Waals surface area contributed by atoms with Crippen molar-refractivity contribution in [2.45, 2.75) is 85.2 Å². The van der Waals surface area contributed by atoms with Crippen LogP contribution in [0.15, 0.2) is 42.3 Å². The van der Waals surface area contributed by atoms with Gasteiger partial charge in [0.25, 0.3) is 0 Å². The largest absolute Gasteiger partial charge is 0.462 e. The van der Waals surface area contributed by atoms with Gasteiger partial charge in [0, 0.05) is 25.2 Å². The fourth-order valence-electron chi connectivity index (χ4n) is 7.83. The molecule has 0 amide bonds. The summed E-state index contributed by atoms with van der Waals surface area (Å²) in [5, 5.41) is 0. The number of carbonyl (C=O) groups excluding carboxylic acids is 1. The fraction of sp³-hybridized carbons (Fsp3) is 0.655. The van der Waals surface area contributed by atoms with E-state index in [1.165, 1.54) is 36.8 Å². The Morgan fingerprint density at radius 1 is 1.12 bits per heavy atom. The summed E-state index contributed by atoms with van der Waals surface area (Å²) in [7, 11) is 0. The predicted molar refractivity (Wildman–Crippen MR) is 129 cm³/mol. The molecule has 32 heavy (non-hydrogen) atoms. The van der Waals surface area contributed by atoms with Gasteiger partial charge in [0.2, 0.25) is 0 Å². The minimum absolute atomic E-state index is 0.0173. The van der Waals surface area contributed by atoms with Gasteiger partial charge >= 0.3 is 5.97 Å². The molecule has 5 rings (SSSR count). The molecule has 1 aromatic heterocycles. The van der Waals surface area contributed by atoms with Crippen LogP contribution in [0.25, 0.3) is 5.57 Å². The van der Waals surface area contributed by atoms with E-state index in [0.29, 0.717) is 12.3 Å². The van der Waals surface area contributed by atoms with Crippen LogP contribution < -0.4 is 0 Å². The van der Waals surface area contributed by atoms with Gasteiger partial charge in [-0.1, -0.05) is 51.5 Å². The number of esters is 1. The van der Waals surface area contributed by atoms with E-state index in [4.69, 9.17) is 4.74 Å². The van der Waals surface area contributed by atoms with Gasteiger partial charge in [0.15, 0.2) is 0 Å². The van der Waals surface area contributed by atoms with Crippen molar-refractivity contribution in [3.63, 3.8) is 0 Å². The van der Waals surface area contributed by atoms with Crippen LogP contribution in [0, 0.1) is 34.5 Å². The number of hydrogen-bond donors (Lipinski definition) is 0. The Labute approximate surface area is 193 Å². The van der Waals surface area contributed by atoms with Gasteiger partial charge in [-0.2, -0.15) is 0 Å². The van der Waals surface area contributed by atoms with Crippen molar-refractivity contribution < 1.29 is 9.53 Å². The highest BCUT2D eigenvalue weighted by Crippen LogP contribution is 2.66. The number of rotatable bonds is 4. The van der Waals surface area contributed by atoms with Crippen molar-refractivity contribution in [3.05, 3.63) is 47.8 Å². The Morgan fingerprint density at radius 2 is 1.94 bits per heavy atom. The lowest BCUT2D eigenvalue weighted by atomic mass is 9.47. The second-order valence-corrected chi connectivity index (χ2v) is 11.8. The number of allylic oxidation sites excluding steroid dienone is 3. The number of nitrogens with zero attached hydrogens (tertiary/aromatic N) is 1. The van der Waals surface area contributed by atoms with E-state index in [-0.39, 0.29) is 22.9 Å². The van der Waals surface area contributed by atoms with E-state index >= 15 is 0 Å². The van der Waals surface area contributed by atoms with E-state index in [2.05, 4.69) is 57.0 Å². The molecule has 0 radical (unpaired) electrons. The molecule has 172 valence electrons. The van der Waals surface area contributed by atoms with E-state index in [0.717, 1.165) is 37.0 Å². The smallest absolute Gasteiger partial charge is 0.306 e. The molecule has 2 fully saturated rings. The zero-order valence-corrected chi connectivity index (χ0v) is 20.3. The SMILES string of the molecule is CC(C)CC(=O)OC1CCC2(C)C(=CCC3C2CCC2(C)C(c4cccnc4)=CCC32)C1. The minimum Gasteiger partial charge on any atom is -0.462 e. The zero-order chi connectivity index (χ0) is 22.5. The normalized spacial score (nSPS) is 38.3. The summed E-state index contributed by atoms with van der Waals surface area (Å²) in [5.41, 5.74) is 4.99. The molecule has 3 nitrogen and oxygen atoms in total. The zero-order valence-electron chi connectivity index (χ0n) is 20.3. The maximum absolute atomic E-state index is 12.2. The number of ether oxygens (including phenoxy) is 1. The molecule has 0 aliphatic heterocycles. The van der Waals surface area contributed by atoms with Crippen LogP contribution in [0.1, 0.15) is 84.6 Å². The van der Waals surface area contributed by atoms with Crippen molar-refractivity contribution >= 4 is 11.5 Å². The topological polar surface area (TPSA) is 39.2 Å². The molecule has 2 saturated carbocycles. The second-order valence-electron chi connectivity index (χ2n) is 11.8. The third-order valence-corrected chi connectivity index (χ3v) is 9.49. The van der Waals surface area contributed by atoms with Gasteiger partial charge < -0.3 is 4.74 Å². The molecular weight excluding hydrogens is 394 g/mol. The molecule has 4 aliphatic carbocycles. The van der Waals surface area contributed by atoms with Crippen LogP contribution in [0.4, 0.5) is 0 Å². The third kappa shape index (κ3) is 3.56. The molecule has 3 heteroatoms. The van der Waals surface area contributed by atoms with Gasteiger partial charge in [-0.3, -0.25) is 9.78 Å². The average molecular weight is 434 g/mol. The maximum Gasteiger partial charge on any atom is 0.306 e. The highest BCUT2D eigenvalue weighted by Gasteiger charge is 2.57. The summed E-state index contributed by atoms with van der Waals surface area (Å²) in [6.45, 7) is 9.20. The average Bonchev–Trinajstić information content (AvgIpc) is 3.11. The molecule has 1 heterocycles. The van der Waals surface area contributed by atoms with E-state index in [1.54, 1.807) is 5.57 Å². The fourth-order valence-corrected chi connectivity index (χ4v) is 7.83. The Bertz CT molecular complexity index is 932.